The Hall–Kier alpha value is -3.42. The summed E-state index contributed by atoms with van der Waals surface area (Å²) in [4.78, 5) is 27.6. The lowest BCUT2D eigenvalue weighted by Crippen LogP contribution is -2.47. The van der Waals surface area contributed by atoms with Gasteiger partial charge >= 0.3 is 12.8 Å². The third kappa shape index (κ3) is 6.31. The van der Waals surface area contributed by atoms with Crippen molar-refractivity contribution in [2.24, 2.45) is 7.05 Å². The van der Waals surface area contributed by atoms with E-state index in [0.29, 0.717) is 0 Å². The number of nitrogens with one attached hydrogen (secondary N) is 2. The lowest BCUT2D eigenvalue weighted by molar-refractivity contribution is -0.272. The molecule has 0 fully saturated rings. The molecular weight excluding hydrogens is 459 g/mol. The van der Waals surface area contributed by atoms with E-state index in [-0.39, 0.29) is 17.1 Å². The number of halogens is 5. The fourth-order valence-electron chi connectivity index (χ4n) is 2.85. The minimum absolute atomic E-state index is 0.0394. The third-order valence-corrected chi connectivity index (χ3v) is 4.52. The minimum atomic E-state index is -5.05. The number of aromatic nitrogens is 2. The van der Waals surface area contributed by atoms with Gasteiger partial charge in [0.05, 0.1) is 13.7 Å². The first-order valence-electron chi connectivity index (χ1n) is 9.33. The molecular formula is C19H21F5N4O5. The Morgan fingerprint density at radius 3 is 2.45 bits per heavy atom. The molecule has 2 amide bonds. The first-order chi connectivity index (χ1) is 15.4. The molecule has 0 saturated carbocycles. The van der Waals surface area contributed by atoms with E-state index in [4.69, 9.17) is 4.74 Å². The normalized spacial score (nSPS) is 13.4. The molecule has 1 heterocycles. The van der Waals surface area contributed by atoms with Crippen LogP contribution in [0.1, 0.15) is 22.6 Å². The van der Waals surface area contributed by atoms with Crippen LogP contribution in [0.4, 0.5) is 22.0 Å². The van der Waals surface area contributed by atoms with Crippen LogP contribution in [-0.4, -0.2) is 59.5 Å². The van der Waals surface area contributed by atoms with Crippen LogP contribution >= 0.6 is 0 Å². The molecule has 0 aliphatic heterocycles. The Kier molecular flexibility index (Phi) is 8.19. The number of hydrogen-bond donors (Lipinski definition) is 3. The predicted molar refractivity (Wildman–Crippen MR) is 103 cm³/mol. The number of carbonyl (C=O) groups excluding carboxylic acids is 2. The quantitative estimate of drug-likeness (QED) is 0.446. The maximum atomic E-state index is 13.4. The van der Waals surface area contributed by atoms with E-state index in [1.807, 2.05) is 0 Å². The molecule has 1 unspecified atom stereocenters. The predicted octanol–water partition coefficient (Wildman–Crippen LogP) is 1.72. The largest absolute Gasteiger partial charge is 0.493 e. The van der Waals surface area contributed by atoms with Crippen molar-refractivity contribution in [2.45, 2.75) is 24.8 Å². The number of alkyl halides is 5. The summed E-state index contributed by atoms with van der Waals surface area (Å²) in [5, 5.41) is 14.6. The molecule has 2 aromatic rings. The van der Waals surface area contributed by atoms with Crippen molar-refractivity contribution in [1.29, 1.82) is 0 Å². The van der Waals surface area contributed by atoms with Crippen molar-refractivity contribution < 1.29 is 46.1 Å². The highest BCUT2D eigenvalue weighted by Gasteiger charge is 2.57. The number of methoxy groups -OCH3 is 1. The van der Waals surface area contributed by atoms with E-state index < -0.39 is 55.5 Å². The summed E-state index contributed by atoms with van der Waals surface area (Å²) in [7, 11) is 2.46. The van der Waals surface area contributed by atoms with Gasteiger partial charge in [-0.05, 0) is 18.2 Å². The molecule has 0 bridgehead atoms. The van der Waals surface area contributed by atoms with Gasteiger partial charge in [-0.15, -0.1) is 0 Å². The number of imidazole rings is 1. The van der Waals surface area contributed by atoms with Crippen LogP contribution in [0.25, 0.3) is 0 Å². The number of carbonyl (C=O) groups is 2. The third-order valence-electron chi connectivity index (χ3n) is 4.52. The lowest BCUT2D eigenvalue weighted by Gasteiger charge is -2.29. The van der Waals surface area contributed by atoms with Gasteiger partial charge in [0.1, 0.15) is 5.82 Å². The van der Waals surface area contributed by atoms with Crippen LogP contribution in [-0.2, 0) is 17.4 Å². The SMILES string of the molecule is COc1cc(C(=O)NCC(=O)NCCC(O)(c2nccn2C)C(F)(F)F)ccc1OC(F)F. The average Bonchev–Trinajstić information content (AvgIpc) is 3.17. The zero-order valence-corrected chi connectivity index (χ0v) is 17.4. The molecule has 0 spiro atoms. The van der Waals surface area contributed by atoms with E-state index in [1.54, 1.807) is 0 Å². The Labute approximate surface area is 184 Å². The van der Waals surface area contributed by atoms with Crippen LogP contribution in [0.5, 0.6) is 11.5 Å². The maximum absolute atomic E-state index is 13.4. The summed E-state index contributed by atoms with van der Waals surface area (Å²) in [6.07, 6.45) is -3.63. The van der Waals surface area contributed by atoms with E-state index >= 15 is 0 Å². The van der Waals surface area contributed by atoms with Crippen molar-refractivity contribution >= 4 is 11.8 Å². The monoisotopic (exact) mass is 480 g/mol. The molecule has 182 valence electrons. The summed E-state index contributed by atoms with van der Waals surface area (Å²) in [5.74, 6) is -2.67. The fourth-order valence-corrected chi connectivity index (χ4v) is 2.85. The van der Waals surface area contributed by atoms with Gasteiger partial charge in [0, 0.05) is 38.0 Å². The maximum Gasteiger partial charge on any atom is 0.424 e. The first-order valence-corrected chi connectivity index (χ1v) is 9.33. The molecule has 14 heteroatoms. The highest BCUT2D eigenvalue weighted by Crippen LogP contribution is 2.40. The first kappa shape index (κ1) is 25.8. The standard InChI is InChI=1S/C19H21F5N4O5/c1-28-8-7-26-16(28)18(31,19(22,23)24)5-6-25-14(29)10-27-15(30)11-3-4-12(33-17(20)21)13(9-11)32-2/h3-4,7-9,17,31H,5-6,10H2,1-2H3,(H,25,29)(H,27,30). The van der Waals surface area contributed by atoms with Crippen molar-refractivity contribution in [2.75, 3.05) is 20.2 Å². The molecule has 2 rings (SSSR count). The van der Waals surface area contributed by atoms with Gasteiger partial charge in [-0.25, -0.2) is 4.98 Å². The molecule has 1 aromatic carbocycles. The van der Waals surface area contributed by atoms with Gasteiger partial charge in [-0.3, -0.25) is 9.59 Å². The van der Waals surface area contributed by atoms with Crippen LogP contribution in [0.2, 0.25) is 0 Å². The number of amides is 2. The second kappa shape index (κ2) is 10.5. The number of rotatable bonds is 10. The topological polar surface area (TPSA) is 115 Å². The zero-order valence-electron chi connectivity index (χ0n) is 17.4. The molecule has 3 N–H and O–H groups in total. The van der Waals surface area contributed by atoms with Crippen LogP contribution in [0, 0.1) is 0 Å². The Balaban J connectivity index is 1.92. The number of benzene rings is 1. The fraction of sp³-hybridized carbons (Fsp3) is 0.421. The molecule has 33 heavy (non-hydrogen) atoms. The number of hydrogen-bond acceptors (Lipinski definition) is 6. The summed E-state index contributed by atoms with van der Waals surface area (Å²) in [5.41, 5.74) is -3.33. The summed E-state index contributed by atoms with van der Waals surface area (Å²) in [6, 6.07) is 3.35. The van der Waals surface area contributed by atoms with Gasteiger partial charge in [0.2, 0.25) is 11.5 Å². The van der Waals surface area contributed by atoms with Crippen molar-refractivity contribution in [3.8, 4) is 11.5 Å². The second-order valence-corrected chi connectivity index (χ2v) is 6.75. The van der Waals surface area contributed by atoms with Crippen LogP contribution in [0.3, 0.4) is 0 Å². The Morgan fingerprint density at radius 2 is 1.91 bits per heavy atom. The van der Waals surface area contributed by atoms with E-state index in [1.165, 1.54) is 20.4 Å². The molecule has 1 atom stereocenters. The highest BCUT2D eigenvalue weighted by atomic mass is 19.4. The smallest absolute Gasteiger partial charge is 0.424 e. The molecule has 0 aliphatic carbocycles. The number of ether oxygens (including phenoxy) is 2. The molecule has 0 saturated heterocycles. The van der Waals surface area contributed by atoms with Gasteiger partial charge < -0.3 is 29.8 Å². The summed E-state index contributed by atoms with van der Waals surface area (Å²) < 4.78 is 75.2. The molecule has 0 radical (unpaired) electrons. The second-order valence-electron chi connectivity index (χ2n) is 6.75. The van der Waals surface area contributed by atoms with Crippen molar-refractivity contribution in [1.82, 2.24) is 20.2 Å². The van der Waals surface area contributed by atoms with Crippen molar-refractivity contribution in [3.05, 3.63) is 42.0 Å². The number of aryl methyl sites for hydroxylation is 1. The zero-order chi connectivity index (χ0) is 24.8. The van der Waals surface area contributed by atoms with Gasteiger partial charge in [0.25, 0.3) is 5.91 Å². The molecule has 9 nitrogen and oxygen atoms in total. The van der Waals surface area contributed by atoms with E-state index in [2.05, 4.69) is 20.4 Å². The lowest BCUT2D eigenvalue weighted by atomic mass is 9.97. The van der Waals surface area contributed by atoms with E-state index in [0.717, 1.165) is 29.0 Å². The number of aliphatic hydroxyl groups is 1. The average molecular weight is 480 g/mol. The van der Waals surface area contributed by atoms with E-state index in [9.17, 15) is 36.6 Å². The highest BCUT2D eigenvalue weighted by molar-refractivity contribution is 5.97. The number of nitrogens with zero attached hydrogens (tertiary/aromatic N) is 2. The van der Waals surface area contributed by atoms with Gasteiger partial charge in [0.15, 0.2) is 11.5 Å². The summed E-state index contributed by atoms with van der Waals surface area (Å²) >= 11 is 0. The van der Waals surface area contributed by atoms with Crippen LogP contribution in [0.15, 0.2) is 30.6 Å². The van der Waals surface area contributed by atoms with Gasteiger partial charge in [-0.2, -0.15) is 22.0 Å². The minimum Gasteiger partial charge on any atom is -0.493 e. The van der Waals surface area contributed by atoms with Crippen LogP contribution < -0.4 is 20.1 Å². The Morgan fingerprint density at radius 1 is 1.21 bits per heavy atom. The van der Waals surface area contributed by atoms with Crippen molar-refractivity contribution in [3.63, 3.8) is 0 Å². The Bertz CT molecular complexity index is 982. The summed E-state index contributed by atoms with van der Waals surface area (Å²) in [6.45, 7) is -4.26. The molecule has 0 aliphatic rings. The van der Waals surface area contributed by atoms with Gasteiger partial charge in [-0.1, -0.05) is 0 Å². The molecule has 1 aromatic heterocycles.